The molecule has 0 aliphatic carbocycles. The lowest BCUT2D eigenvalue weighted by molar-refractivity contribution is 0.204. The summed E-state index contributed by atoms with van der Waals surface area (Å²) in [6.45, 7) is 5.52. The minimum absolute atomic E-state index is 0.229. The van der Waals surface area contributed by atoms with Crippen molar-refractivity contribution in [2.24, 2.45) is 5.73 Å². The van der Waals surface area contributed by atoms with Gasteiger partial charge in [-0.15, -0.1) is 0 Å². The zero-order valence-electron chi connectivity index (χ0n) is 12.2. The third kappa shape index (κ3) is 3.62. The molecule has 1 aliphatic heterocycles. The summed E-state index contributed by atoms with van der Waals surface area (Å²) in [6.07, 6.45) is 1.10. The fraction of sp³-hybridized carbons (Fsp3) is 0.600. The lowest BCUT2D eigenvalue weighted by atomic mass is 10.1. The molecule has 1 fully saturated rings. The molecular weight excluding hydrogens is 254 g/mol. The highest BCUT2D eigenvalue weighted by molar-refractivity contribution is 5.57. The van der Waals surface area contributed by atoms with Crippen LogP contribution in [0.3, 0.4) is 0 Å². The number of nitrogens with zero attached hydrogens (tertiary/aromatic N) is 2. The van der Waals surface area contributed by atoms with Crippen LogP contribution in [0.4, 0.5) is 5.69 Å². The highest BCUT2D eigenvalue weighted by atomic mass is 16.5. The van der Waals surface area contributed by atoms with Crippen LogP contribution in [0.2, 0.25) is 0 Å². The van der Waals surface area contributed by atoms with Crippen molar-refractivity contribution in [1.82, 2.24) is 4.90 Å². The molecule has 1 aromatic rings. The van der Waals surface area contributed by atoms with Crippen molar-refractivity contribution in [1.29, 1.82) is 0 Å². The van der Waals surface area contributed by atoms with Gasteiger partial charge in [0.15, 0.2) is 0 Å². The molecule has 1 heterocycles. The molecule has 1 saturated heterocycles. The van der Waals surface area contributed by atoms with Crippen LogP contribution in [0.25, 0.3) is 0 Å². The van der Waals surface area contributed by atoms with Gasteiger partial charge in [-0.2, -0.15) is 0 Å². The molecule has 1 aromatic carbocycles. The number of β-amino-alcohol motifs (C(OH)–C–C–N with tert-alkyl or cyclic N) is 1. The highest BCUT2D eigenvalue weighted by Gasteiger charge is 2.17. The fourth-order valence-electron chi connectivity index (χ4n) is 2.71. The van der Waals surface area contributed by atoms with E-state index in [1.807, 2.05) is 12.1 Å². The predicted molar refractivity (Wildman–Crippen MR) is 81.2 cm³/mol. The van der Waals surface area contributed by atoms with Gasteiger partial charge in [-0.3, -0.25) is 4.90 Å². The van der Waals surface area contributed by atoms with Crippen LogP contribution in [-0.2, 0) is 6.54 Å². The summed E-state index contributed by atoms with van der Waals surface area (Å²) in [5.41, 5.74) is 8.18. The number of aliphatic hydroxyl groups excluding tert-OH is 1. The summed E-state index contributed by atoms with van der Waals surface area (Å²) in [4.78, 5) is 4.68. The smallest absolute Gasteiger partial charge is 0.120 e. The minimum Gasteiger partial charge on any atom is -0.497 e. The summed E-state index contributed by atoms with van der Waals surface area (Å²) in [5.74, 6) is 0.869. The van der Waals surface area contributed by atoms with Crippen LogP contribution in [-0.4, -0.2) is 56.4 Å². The zero-order valence-corrected chi connectivity index (χ0v) is 12.2. The zero-order chi connectivity index (χ0) is 14.4. The second-order valence-electron chi connectivity index (χ2n) is 5.10. The van der Waals surface area contributed by atoms with E-state index in [4.69, 9.17) is 15.6 Å². The predicted octanol–water partition coefficient (Wildman–Crippen LogP) is 0.658. The standard InChI is InChI=1S/C15H25N3O2/c1-20-14-4-3-13(12-16)15(11-14)18-6-2-5-17(7-8-18)9-10-19/h3-4,11,19H,2,5-10,12,16H2,1H3. The molecule has 0 aromatic heterocycles. The van der Waals surface area contributed by atoms with Gasteiger partial charge in [0.05, 0.1) is 13.7 Å². The van der Waals surface area contributed by atoms with Crippen LogP contribution < -0.4 is 15.4 Å². The molecular formula is C15H25N3O2. The first-order chi connectivity index (χ1) is 9.78. The van der Waals surface area contributed by atoms with Crippen molar-refractivity contribution in [3.63, 3.8) is 0 Å². The Hall–Kier alpha value is -1.30. The molecule has 2 rings (SSSR count). The van der Waals surface area contributed by atoms with E-state index in [1.165, 1.54) is 5.69 Å². The largest absolute Gasteiger partial charge is 0.497 e. The van der Waals surface area contributed by atoms with Crippen molar-refractivity contribution < 1.29 is 9.84 Å². The molecule has 0 saturated carbocycles. The van der Waals surface area contributed by atoms with E-state index in [0.717, 1.165) is 50.5 Å². The van der Waals surface area contributed by atoms with E-state index in [2.05, 4.69) is 15.9 Å². The average Bonchev–Trinajstić information content (AvgIpc) is 2.72. The summed E-state index contributed by atoms with van der Waals surface area (Å²) < 4.78 is 5.33. The van der Waals surface area contributed by atoms with E-state index in [1.54, 1.807) is 7.11 Å². The van der Waals surface area contributed by atoms with Gasteiger partial charge >= 0.3 is 0 Å². The molecule has 1 aliphatic rings. The number of nitrogens with two attached hydrogens (primary N) is 1. The molecule has 5 heteroatoms. The number of hydrogen-bond donors (Lipinski definition) is 2. The van der Waals surface area contributed by atoms with Gasteiger partial charge in [0.2, 0.25) is 0 Å². The van der Waals surface area contributed by atoms with Gasteiger partial charge in [0.1, 0.15) is 5.75 Å². The quantitative estimate of drug-likeness (QED) is 0.829. The average molecular weight is 279 g/mol. The number of hydrogen-bond acceptors (Lipinski definition) is 5. The number of rotatable bonds is 5. The van der Waals surface area contributed by atoms with Gasteiger partial charge in [-0.25, -0.2) is 0 Å². The first-order valence-electron chi connectivity index (χ1n) is 7.23. The summed E-state index contributed by atoms with van der Waals surface area (Å²) >= 11 is 0. The van der Waals surface area contributed by atoms with E-state index in [9.17, 15) is 0 Å². The molecule has 0 atom stereocenters. The Morgan fingerprint density at radius 2 is 2.10 bits per heavy atom. The lowest BCUT2D eigenvalue weighted by Crippen LogP contribution is -2.32. The Kier molecular flexibility index (Phi) is 5.64. The second kappa shape index (κ2) is 7.47. The van der Waals surface area contributed by atoms with Gasteiger partial charge in [0, 0.05) is 44.5 Å². The summed E-state index contributed by atoms with van der Waals surface area (Å²) in [6, 6.07) is 6.08. The van der Waals surface area contributed by atoms with E-state index in [-0.39, 0.29) is 6.61 Å². The van der Waals surface area contributed by atoms with Crippen LogP contribution in [0.5, 0.6) is 5.75 Å². The molecule has 0 unspecified atom stereocenters. The Bertz CT molecular complexity index is 426. The number of methoxy groups -OCH3 is 1. The van der Waals surface area contributed by atoms with Crippen molar-refractivity contribution in [2.45, 2.75) is 13.0 Å². The third-order valence-electron chi connectivity index (χ3n) is 3.86. The molecule has 20 heavy (non-hydrogen) atoms. The van der Waals surface area contributed by atoms with Gasteiger partial charge in [-0.1, -0.05) is 6.07 Å². The Labute approximate surface area is 120 Å². The van der Waals surface area contributed by atoms with Gasteiger partial charge in [0.25, 0.3) is 0 Å². The van der Waals surface area contributed by atoms with Crippen molar-refractivity contribution in [2.75, 3.05) is 51.3 Å². The number of aliphatic hydroxyl groups is 1. The maximum Gasteiger partial charge on any atom is 0.120 e. The molecule has 5 nitrogen and oxygen atoms in total. The van der Waals surface area contributed by atoms with Gasteiger partial charge in [-0.05, 0) is 24.6 Å². The maximum atomic E-state index is 9.06. The van der Waals surface area contributed by atoms with E-state index >= 15 is 0 Å². The van der Waals surface area contributed by atoms with Crippen molar-refractivity contribution >= 4 is 5.69 Å². The summed E-state index contributed by atoms with van der Waals surface area (Å²) in [7, 11) is 1.69. The molecule has 112 valence electrons. The van der Waals surface area contributed by atoms with E-state index < -0.39 is 0 Å². The Balaban J connectivity index is 2.13. The first-order valence-corrected chi connectivity index (χ1v) is 7.23. The number of anilines is 1. The van der Waals surface area contributed by atoms with Crippen LogP contribution >= 0.6 is 0 Å². The van der Waals surface area contributed by atoms with Crippen LogP contribution in [0.1, 0.15) is 12.0 Å². The SMILES string of the molecule is COc1ccc(CN)c(N2CCCN(CCO)CC2)c1. The number of benzene rings is 1. The number of ether oxygens (including phenoxy) is 1. The fourth-order valence-corrected chi connectivity index (χ4v) is 2.71. The monoisotopic (exact) mass is 279 g/mol. The normalized spacial score (nSPS) is 17.1. The van der Waals surface area contributed by atoms with Gasteiger partial charge < -0.3 is 20.5 Å². The molecule has 3 N–H and O–H groups in total. The van der Waals surface area contributed by atoms with E-state index in [0.29, 0.717) is 6.54 Å². The minimum atomic E-state index is 0.229. The van der Waals surface area contributed by atoms with Crippen LogP contribution in [0, 0.1) is 0 Å². The maximum absolute atomic E-state index is 9.06. The van der Waals surface area contributed by atoms with Crippen molar-refractivity contribution in [3.05, 3.63) is 23.8 Å². The first kappa shape index (κ1) is 15.1. The Morgan fingerprint density at radius 1 is 1.25 bits per heavy atom. The molecule has 0 amide bonds. The van der Waals surface area contributed by atoms with Crippen molar-refractivity contribution in [3.8, 4) is 5.75 Å². The molecule has 0 radical (unpaired) electrons. The van der Waals surface area contributed by atoms with Crippen LogP contribution in [0.15, 0.2) is 18.2 Å². The molecule has 0 spiro atoms. The summed E-state index contributed by atoms with van der Waals surface area (Å²) in [5, 5.41) is 9.06. The second-order valence-corrected chi connectivity index (χ2v) is 5.10. The topological polar surface area (TPSA) is 62.0 Å². The molecule has 0 bridgehead atoms. The third-order valence-corrected chi connectivity index (χ3v) is 3.86. The Morgan fingerprint density at radius 3 is 2.80 bits per heavy atom. The lowest BCUT2D eigenvalue weighted by Gasteiger charge is -2.26. The highest BCUT2D eigenvalue weighted by Crippen LogP contribution is 2.27.